The van der Waals surface area contributed by atoms with Crippen LogP contribution in [-0.4, -0.2) is 77.8 Å². The molecule has 0 spiro atoms. The van der Waals surface area contributed by atoms with Crippen molar-refractivity contribution in [2.45, 2.75) is 50.9 Å². The number of halogens is 3. The van der Waals surface area contributed by atoms with Crippen LogP contribution in [0.5, 0.6) is 0 Å². The number of aliphatic carboxylic acids is 1. The second-order valence-electron chi connectivity index (χ2n) is 6.98. The van der Waals surface area contributed by atoms with Gasteiger partial charge in [-0.3, -0.25) is 19.4 Å². The zero-order valence-corrected chi connectivity index (χ0v) is 14.4. The number of nitrogens with zero attached hydrogens (tertiary/aromatic N) is 2. The van der Waals surface area contributed by atoms with Gasteiger partial charge in [0, 0.05) is 18.6 Å². The number of carboxylic acid groups (broad SMARTS) is 1. The average Bonchev–Trinajstić information content (AvgIpc) is 2.46. The summed E-state index contributed by atoms with van der Waals surface area (Å²) in [5.74, 6) is -1.46. The molecule has 0 radical (unpaired) electrons. The first-order valence-electron chi connectivity index (χ1n) is 8.73. The van der Waals surface area contributed by atoms with E-state index in [1.807, 2.05) is 11.8 Å². The van der Waals surface area contributed by atoms with Crippen molar-refractivity contribution in [3.63, 3.8) is 0 Å². The number of rotatable bonds is 7. The van der Waals surface area contributed by atoms with E-state index in [-0.39, 0.29) is 31.1 Å². The second-order valence-corrected chi connectivity index (χ2v) is 6.98. The first kappa shape index (κ1) is 20.0. The highest BCUT2D eigenvalue weighted by Crippen LogP contribution is 2.27. The van der Waals surface area contributed by atoms with Crippen molar-refractivity contribution in [2.75, 3.05) is 32.7 Å². The maximum atomic E-state index is 12.5. The summed E-state index contributed by atoms with van der Waals surface area (Å²) in [6.45, 7) is 2.05. The van der Waals surface area contributed by atoms with Crippen LogP contribution in [0.2, 0.25) is 0 Å². The Morgan fingerprint density at radius 2 is 2.00 bits per heavy atom. The Bertz CT molecular complexity index is 481. The van der Waals surface area contributed by atoms with Gasteiger partial charge >= 0.3 is 12.1 Å². The molecule has 0 bridgehead atoms. The normalized spacial score (nSPS) is 27.8. The molecule has 0 aromatic rings. The standard InChI is InChI=1S/C16H26F3N3O3/c1-2-22(9-14(23)24)13-6-12(7-13)20-15(25)11-4-3-5-21(8-11)10-16(17,18)19/h11-13H,2-10H2,1H3,(H,20,25)(H,23,24). The first-order chi connectivity index (χ1) is 11.7. The minimum atomic E-state index is -4.24. The number of piperidine rings is 1. The van der Waals surface area contributed by atoms with Crippen LogP contribution < -0.4 is 5.32 Å². The van der Waals surface area contributed by atoms with Crippen molar-refractivity contribution < 1.29 is 27.9 Å². The van der Waals surface area contributed by atoms with E-state index in [1.165, 1.54) is 4.90 Å². The SMILES string of the molecule is CCN(CC(=O)O)C1CC(NC(=O)C2CCCN(CC(F)(F)F)C2)C1. The lowest BCUT2D eigenvalue weighted by molar-refractivity contribution is -0.152. The molecule has 2 fully saturated rings. The summed E-state index contributed by atoms with van der Waals surface area (Å²) in [4.78, 5) is 26.3. The fourth-order valence-corrected chi connectivity index (χ4v) is 3.66. The Kier molecular flexibility index (Phi) is 6.67. The molecule has 9 heteroatoms. The molecule has 1 unspecified atom stereocenters. The van der Waals surface area contributed by atoms with Crippen LogP contribution in [-0.2, 0) is 9.59 Å². The topological polar surface area (TPSA) is 72.9 Å². The van der Waals surface area contributed by atoms with Crippen molar-refractivity contribution >= 4 is 11.9 Å². The molecule has 1 saturated carbocycles. The van der Waals surface area contributed by atoms with E-state index in [1.54, 1.807) is 0 Å². The number of amides is 1. The Morgan fingerprint density at radius 1 is 1.32 bits per heavy atom. The third-order valence-electron chi connectivity index (χ3n) is 5.00. The Balaban J connectivity index is 1.75. The van der Waals surface area contributed by atoms with Crippen molar-refractivity contribution in [3.05, 3.63) is 0 Å². The van der Waals surface area contributed by atoms with E-state index in [2.05, 4.69) is 5.32 Å². The summed E-state index contributed by atoms with van der Waals surface area (Å²) < 4.78 is 37.5. The number of carbonyl (C=O) groups excluding carboxylic acids is 1. The molecule has 1 amide bonds. The predicted molar refractivity (Wildman–Crippen MR) is 85.1 cm³/mol. The lowest BCUT2D eigenvalue weighted by Crippen LogP contribution is -2.56. The van der Waals surface area contributed by atoms with Gasteiger partial charge in [-0.25, -0.2) is 0 Å². The fourth-order valence-electron chi connectivity index (χ4n) is 3.66. The molecule has 2 N–H and O–H groups in total. The molecule has 144 valence electrons. The molecule has 0 aromatic heterocycles. The average molecular weight is 365 g/mol. The molecule has 1 aliphatic heterocycles. The van der Waals surface area contributed by atoms with Gasteiger partial charge in [-0.2, -0.15) is 13.2 Å². The van der Waals surface area contributed by atoms with Crippen LogP contribution in [0.4, 0.5) is 13.2 Å². The van der Waals surface area contributed by atoms with Gasteiger partial charge in [0.25, 0.3) is 0 Å². The second kappa shape index (κ2) is 8.35. The summed E-state index contributed by atoms with van der Waals surface area (Å²) in [5.41, 5.74) is 0. The van der Waals surface area contributed by atoms with E-state index in [0.717, 1.165) is 0 Å². The highest BCUT2D eigenvalue weighted by Gasteiger charge is 2.38. The monoisotopic (exact) mass is 365 g/mol. The number of likely N-dealkylation sites (tertiary alicyclic amines) is 1. The molecule has 1 aliphatic carbocycles. The number of hydrogen-bond donors (Lipinski definition) is 2. The number of carbonyl (C=O) groups is 2. The molecule has 2 rings (SSSR count). The molecule has 1 heterocycles. The Labute approximate surface area is 145 Å². The molecule has 6 nitrogen and oxygen atoms in total. The smallest absolute Gasteiger partial charge is 0.401 e. The lowest BCUT2D eigenvalue weighted by Gasteiger charge is -2.43. The maximum Gasteiger partial charge on any atom is 0.401 e. The lowest BCUT2D eigenvalue weighted by atomic mass is 9.84. The third kappa shape index (κ3) is 6.14. The zero-order valence-electron chi connectivity index (χ0n) is 14.4. The molecule has 1 saturated heterocycles. The Hall–Kier alpha value is -1.35. The van der Waals surface area contributed by atoms with Crippen molar-refractivity contribution in [1.82, 2.24) is 15.1 Å². The third-order valence-corrected chi connectivity index (χ3v) is 5.00. The number of nitrogens with one attached hydrogen (secondary N) is 1. The molecule has 1 atom stereocenters. The number of carboxylic acids is 1. The molecular formula is C16H26F3N3O3. The van der Waals surface area contributed by atoms with Crippen LogP contribution in [0.25, 0.3) is 0 Å². The maximum absolute atomic E-state index is 12.5. The zero-order chi connectivity index (χ0) is 18.6. The first-order valence-corrected chi connectivity index (χ1v) is 8.73. The van der Waals surface area contributed by atoms with E-state index in [9.17, 15) is 22.8 Å². The van der Waals surface area contributed by atoms with Crippen LogP contribution in [0.15, 0.2) is 0 Å². The summed E-state index contributed by atoms with van der Waals surface area (Å²) in [7, 11) is 0. The minimum Gasteiger partial charge on any atom is -0.480 e. The summed E-state index contributed by atoms with van der Waals surface area (Å²) in [5, 5.41) is 11.8. The summed E-state index contributed by atoms with van der Waals surface area (Å²) >= 11 is 0. The number of likely N-dealkylation sites (N-methyl/N-ethyl adjacent to an activating group) is 1. The molecular weight excluding hydrogens is 339 g/mol. The van der Waals surface area contributed by atoms with E-state index < -0.39 is 24.6 Å². The van der Waals surface area contributed by atoms with Gasteiger partial charge in [0.05, 0.1) is 19.0 Å². The quantitative estimate of drug-likeness (QED) is 0.712. The van der Waals surface area contributed by atoms with Crippen LogP contribution >= 0.6 is 0 Å². The predicted octanol–water partition coefficient (Wildman–Crippen LogP) is 1.31. The number of alkyl halides is 3. The van der Waals surface area contributed by atoms with Crippen molar-refractivity contribution in [2.24, 2.45) is 5.92 Å². The van der Waals surface area contributed by atoms with Gasteiger partial charge in [-0.15, -0.1) is 0 Å². The van der Waals surface area contributed by atoms with Crippen molar-refractivity contribution in [1.29, 1.82) is 0 Å². The molecule has 0 aromatic carbocycles. The minimum absolute atomic E-state index is 0.0154. The van der Waals surface area contributed by atoms with Gasteiger partial charge in [-0.1, -0.05) is 6.92 Å². The number of hydrogen-bond acceptors (Lipinski definition) is 4. The largest absolute Gasteiger partial charge is 0.480 e. The molecule has 2 aliphatic rings. The summed E-state index contributed by atoms with van der Waals surface area (Å²) in [6, 6.07) is 0.123. The van der Waals surface area contributed by atoms with Gasteiger partial charge < -0.3 is 10.4 Å². The van der Waals surface area contributed by atoms with Gasteiger partial charge in [0.1, 0.15) is 0 Å². The van der Waals surface area contributed by atoms with Crippen LogP contribution in [0.1, 0.15) is 32.6 Å². The fraction of sp³-hybridized carbons (Fsp3) is 0.875. The van der Waals surface area contributed by atoms with Gasteiger partial charge in [0.15, 0.2) is 0 Å². The summed E-state index contributed by atoms with van der Waals surface area (Å²) in [6.07, 6.45) is -1.68. The van der Waals surface area contributed by atoms with E-state index in [4.69, 9.17) is 5.11 Å². The van der Waals surface area contributed by atoms with E-state index >= 15 is 0 Å². The molecule has 25 heavy (non-hydrogen) atoms. The highest BCUT2D eigenvalue weighted by atomic mass is 19.4. The highest BCUT2D eigenvalue weighted by molar-refractivity contribution is 5.79. The van der Waals surface area contributed by atoms with Crippen LogP contribution in [0, 0.1) is 5.92 Å². The van der Waals surface area contributed by atoms with Crippen molar-refractivity contribution in [3.8, 4) is 0 Å². The van der Waals surface area contributed by atoms with Gasteiger partial charge in [0.2, 0.25) is 5.91 Å². The Morgan fingerprint density at radius 3 is 2.56 bits per heavy atom. The van der Waals surface area contributed by atoms with E-state index in [0.29, 0.717) is 38.8 Å². The van der Waals surface area contributed by atoms with Gasteiger partial charge in [-0.05, 0) is 38.8 Å². The van der Waals surface area contributed by atoms with Crippen LogP contribution in [0.3, 0.4) is 0 Å².